The molecule has 7 heteroatoms. The van der Waals surface area contributed by atoms with Gasteiger partial charge in [-0.3, -0.25) is 4.99 Å². The molecule has 26 heavy (non-hydrogen) atoms. The van der Waals surface area contributed by atoms with Crippen molar-refractivity contribution in [3.8, 4) is 5.75 Å². The summed E-state index contributed by atoms with van der Waals surface area (Å²) in [6, 6.07) is 10.3. The van der Waals surface area contributed by atoms with Crippen LogP contribution in [-0.2, 0) is 6.54 Å². The summed E-state index contributed by atoms with van der Waals surface area (Å²) in [4.78, 5) is 10.6. The highest BCUT2D eigenvalue weighted by molar-refractivity contribution is 5.79. The van der Waals surface area contributed by atoms with Crippen LogP contribution in [0.1, 0.15) is 12.5 Å². The van der Waals surface area contributed by atoms with Gasteiger partial charge in [-0.15, -0.1) is 0 Å². The van der Waals surface area contributed by atoms with Crippen molar-refractivity contribution in [1.82, 2.24) is 15.6 Å². The first-order valence-corrected chi connectivity index (χ1v) is 8.48. The maximum Gasteiger partial charge on any atom is 0.191 e. The Morgan fingerprint density at radius 3 is 2.69 bits per heavy atom. The fourth-order valence-corrected chi connectivity index (χ4v) is 2.41. The number of benzene rings is 1. The topological polar surface area (TPSA) is 61.8 Å². The van der Waals surface area contributed by atoms with Crippen molar-refractivity contribution in [2.45, 2.75) is 19.6 Å². The van der Waals surface area contributed by atoms with Gasteiger partial charge in [0.25, 0.3) is 0 Å². The summed E-state index contributed by atoms with van der Waals surface area (Å²) in [7, 11) is 5.62. The van der Waals surface area contributed by atoms with Crippen LogP contribution in [0.25, 0.3) is 0 Å². The molecule has 2 rings (SSSR count). The number of aliphatic imine (C=N–C) groups is 1. The zero-order valence-corrected chi connectivity index (χ0v) is 15.7. The second-order valence-corrected chi connectivity index (χ2v) is 6.05. The summed E-state index contributed by atoms with van der Waals surface area (Å²) in [6.45, 7) is 2.95. The number of rotatable bonds is 7. The quantitative estimate of drug-likeness (QED) is 0.587. The van der Waals surface area contributed by atoms with E-state index in [2.05, 4.69) is 20.6 Å². The van der Waals surface area contributed by atoms with E-state index in [0.717, 1.165) is 11.4 Å². The van der Waals surface area contributed by atoms with Crippen molar-refractivity contribution in [2.75, 3.05) is 32.6 Å². The van der Waals surface area contributed by atoms with Crippen LogP contribution in [0.4, 0.5) is 10.2 Å². The van der Waals surface area contributed by atoms with Crippen LogP contribution >= 0.6 is 0 Å². The summed E-state index contributed by atoms with van der Waals surface area (Å²) in [5, 5.41) is 6.44. The third-order valence-corrected chi connectivity index (χ3v) is 3.68. The Morgan fingerprint density at radius 2 is 2.00 bits per heavy atom. The summed E-state index contributed by atoms with van der Waals surface area (Å²) in [6.07, 6.45) is 1.55. The molecule has 6 nitrogen and oxygen atoms in total. The molecule has 0 spiro atoms. The van der Waals surface area contributed by atoms with Crippen molar-refractivity contribution in [3.05, 3.63) is 54.0 Å². The first-order valence-electron chi connectivity index (χ1n) is 8.48. The van der Waals surface area contributed by atoms with Gasteiger partial charge in [-0.25, -0.2) is 9.37 Å². The van der Waals surface area contributed by atoms with Crippen LogP contribution in [0.15, 0.2) is 47.6 Å². The molecule has 2 N–H and O–H groups in total. The van der Waals surface area contributed by atoms with Gasteiger partial charge in [-0.1, -0.05) is 18.2 Å². The fraction of sp³-hybridized carbons (Fsp3) is 0.368. The van der Waals surface area contributed by atoms with Gasteiger partial charge in [0.1, 0.15) is 11.9 Å². The van der Waals surface area contributed by atoms with Crippen LogP contribution in [0, 0.1) is 5.82 Å². The molecule has 1 atom stereocenters. The van der Waals surface area contributed by atoms with Gasteiger partial charge in [-0.05, 0) is 25.1 Å². The molecular formula is C19H26FN5O. The zero-order valence-electron chi connectivity index (χ0n) is 15.7. The number of guanidine groups is 1. The second kappa shape index (κ2) is 9.60. The van der Waals surface area contributed by atoms with Crippen molar-refractivity contribution >= 4 is 11.8 Å². The number of nitrogens with zero attached hydrogens (tertiary/aromatic N) is 3. The monoisotopic (exact) mass is 359 g/mol. The van der Waals surface area contributed by atoms with E-state index in [-0.39, 0.29) is 17.7 Å². The molecule has 1 heterocycles. The predicted octanol–water partition coefficient (Wildman–Crippen LogP) is 2.42. The average molecular weight is 359 g/mol. The van der Waals surface area contributed by atoms with Gasteiger partial charge in [-0.2, -0.15) is 0 Å². The fourth-order valence-electron chi connectivity index (χ4n) is 2.41. The maximum absolute atomic E-state index is 13.6. The number of hydrogen-bond acceptors (Lipinski definition) is 4. The molecule has 0 radical (unpaired) electrons. The molecule has 0 saturated carbocycles. The zero-order chi connectivity index (χ0) is 18.9. The minimum atomic E-state index is -0.366. The number of pyridine rings is 1. The van der Waals surface area contributed by atoms with Gasteiger partial charge in [0.05, 0.1) is 6.54 Å². The summed E-state index contributed by atoms with van der Waals surface area (Å²) in [5.74, 6) is 1.43. The summed E-state index contributed by atoms with van der Waals surface area (Å²) < 4.78 is 19.3. The van der Waals surface area contributed by atoms with Crippen LogP contribution in [0.2, 0.25) is 0 Å². The lowest BCUT2D eigenvalue weighted by atomic mass is 10.2. The van der Waals surface area contributed by atoms with Gasteiger partial charge in [0, 0.05) is 39.4 Å². The Morgan fingerprint density at radius 1 is 1.23 bits per heavy atom. The molecule has 0 amide bonds. The molecule has 0 aliphatic carbocycles. The van der Waals surface area contributed by atoms with Crippen LogP contribution in [0.3, 0.4) is 0 Å². The lowest BCUT2D eigenvalue weighted by Crippen LogP contribution is -2.41. The molecule has 0 bridgehead atoms. The minimum Gasteiger partial charge on any atom is -0.486 e. The summed E-state index contributed by atoms with van der Waals surface area (Å²) in [5.41, 5.74) is 1.07. The molecule has 1 unspecified atom stereocenters. The standard InChI is InChI=1S/C19H26FN5O/c1-14(26-17-10-6-5-9-16(17)20)12-23-19(21-2)24-13-15-8-7-11-22-18(15)25(3)4/h5-11,14H,12-13H2,1-4H3,(H2,21,23,24). The first-order chi connectivity index (χ1) is 12.5. The van der Waals surface area contributed by atoms with Gasteiger partial charge in [0.2, 0.25) is 0 Å². The largest absolute Gasteiger partial charge is 0.486 e. The molecule has 0 aliphatic rings. The number of hydrogen-bond donors (Lipinski definition) is 2. The first kappa shape index (κ1) is 19.5. The van der Waals surface area contributed by atoms with E-state index in [9.17, 15) is 4.39 Å². The highest BCUT2D eigenvalue weighted by Crippen LogP contribution is 2.17. The lowest BCUT2D eigenvalue weighted by molar-refractivity contribution is 0.214. The van der Waals surface area contributed by atoms with Gasteiger partial charge in [0.15, 0.2) is 17.5 Å². The van der Waals surface area contributed by atoms with Crippen LogP contribution in [0.5, 0.6) is 5.75 Å². The van der Waals surface area contributed by atoms with E-state index in [1.807, 2.05) is 38.1 Å². The van der Waals surface area contributed by atoms with Gasteiger partial charge < -0.3 is 20.3 Å². The Hall–Kier alpha value is -2.83. The van der Waals surface area contributed by atoms with E-state index in [0.29, 0.717) is 19.0 Å². The molecule has 0 fully saturated rings. The van der Waals surface area contributed by atoms with Crippen molar-refractivity contribution in [3.63, 3.8) is 0 Å². The Labute approximate surface area is 154 Å². The summed E-state index contributed by atoms with van der Waals surface area (Å²) >= 11 is 0. The van der Waals surface area contributed by atoms with E-state index in [1.54, 1.807) is 31.4 Å². The number of para-hydroxylation sites is 1. The number of anilines is 1. The van der Waals surface area contributed by atoms with E-state index in [1.165, 1.54) is 6.07 Å². The molecule has 140 valence electrons. The number of aromatic nitrogens is 1. The lowest BCUT2D eigenvalue weighted by Gasteiger charge is -2.19. The second-order valence-electron chi connectivity index (χ2n) is 6.05. The molecule has 0 saturated heterocycles. The third kappa shape index (κ3) is 5.61. The Kier molecular flexibility index (Phi) is 7.20. The maximum atomic E-state index is 13.6. The van der Waals surface area contributed by atoms with E-state index < -0.39 is 0 Å². The Balaban J connectivity index is 1.85. The normalized spacial score (nSPS) is 12.4. The van der Waals surface area contributed by atoms with Crippen LogP contribution in [-0.4, -0.2) is 44.7 Å². The van der Waals surface area contributed by atoms with E-state index >= 15 is 0 Å². The molecule has 1 aromatic heterocycles. The third-order valence-electron chi connectivity index (χ3n) is 3.68. The number of ether oxygens (including phenoxy) is 1. The highest BCUT2D eigenvalue weighted by atomic mass is 19.1. The predicted molar refractivity (Wildman–Crippen MR) is 103 cm³/mol. The smallest absolute Gasteiger partial charge is 0.191 e. The Bertz CT molecular complexity index is 735. The van der Waals surface area contributed by atoms with Crippen molar-refractivity contribution in [2.24, 2.45) is 4.99 Å². The SMILES string of the molecule is CN=C(NCc1cccnc1N(C)C)NCC(C)Oc1ccccc1F. The molecule has 1 aromatic carbocycles. The minimum absolute atomic E-state index is 0.221. The van der Waals surface area contributed by atoms with E-state index in [4.69, 9.17) is 4.74 Å². The highest BCUT2D eigenvalue weighted by Gasteiger charge is 2.10. The molecule has 2 aromatic rings. The van der Waals surface area contributed by atoms with Crippen molar-refractivity contribution < 1.29 is 9.13 Å². The number of nitrogens with one attached hydrogen (secondary N) is 2. The average Bonchev–Trinajstić information content (AvgIpc) is 2.64. The van der Waals surface area contributed by atoms with Crippen LogP contribution < -0.4 is 20.3 Å². The van der Waals surface area contributed by atoms with Crippen molar-refractivity contribution in [1.29, 1.82) is 0 Å². The molecular weight excluding hydrogens is 333 g/mol. The number of halogens is 1. The molecule has 0 aliphatic heterocycles. The van der Waals surface area contributed by atoms with Gasteiger partial charge >= 0.3 is 0 Å².